The predicted molar refractivity (Wildman–Crippen MR) is 54.8 cm³/mol. The Bertz CT molecular complexity index is 266. The van der Waals surface area contributed by atoms with Crippen molar-refractivity contribution in [3.8, 4) is 0 Å². The number of thiazole rings is 1. The van der Waals surface area contributed by atoms with Crippen molar-refractivity contribution in [2.24, 2.45) is 11.8 Å². The molecule has 72 valence electrons. The first kappa shape index (κ1) is 10.4. The van der Waals surface area contributed by atoms with E-state index in [-0.39, 0.29) is 5.92 Å². The summed E-state index contributed by atoms with van der Waals surface area (Å²) in [5.41, 5.74) is 0. The van der Waals surface area contributed by atoms with Crippen LogP contribution < -0.4 is 0 Å². The molecule has 1 aromatic rings. The number of rotatable bonds is 4. The first-order chi connectivity index (χ1) is 6.11. The van der Waals surface area contributed by atoms with Gasteiger partial charge in [-0.05, 0) is 5.92 Å². The van der Waals surface area contributed by atoms with E-state index >= 15 is 0 Å². The van der Waals surface area contributed by atoms with Gasteiger partial charge in [0.25, 0.3) is 0 Å². The predicted octanol–water partition coefficient (Wildman–Crippen LogP) is 2.55. The number of carbonyl (C=O) groups is 1. The van der Waals surface area contributed by atoms with Crippen LogP contribution in [-0.2, 0) is 11.2 Å². The fourth-order valence-corrected chi connectivity index (χ4v) is 1.65. The van der Waals surface area contributed by atoms with E-state index in [2.05, 4.69) is 18.8 Å². The van der Waals surface area contributed by atoms with Gasteiger partial charge in [0.15, 0.2) is 0 Å². The van der Waals surface area contributed by atoms with Gasteiger partial charge in [-0.2, -0.15) is 0 Å². The Morgan fingerprint density at radius 3 is 2.69 bits per heavy atom. The second-order valence-electron chi connectivity index (χ2n) is 3.60. The van der Waals surface area contributed by atoms with Crippen LogP contribution in [0.25, 0.3) is 0 Å². The van der Waals surface area contributed by atoms with E-state index in [1.165, 1.54) is 0 Å². The van der Waals surface area contributed by atoms with Gasteiger partial charge in [-0.1, -0.05) is 20.8 Å². The largest absolute Gasteiger partial charge is 0.299 e. The van der Waals surface area contributed by atoms with E-state index < -0.39 is 0 Å². The minimum atomic E-state index is 0.142. The highest BCUT2D eigenvalue weighted by Gasteiger charge is 2.17. The van der Waals surface area contributed by atoms with Gasteiger partial charge in [0.2, 0.25) is 0 Å². The van der Waals surface area contributed by atoms with Crippen LogP contribution in [0.5, 0.6) is 0 Å². The summed E-state index contributed by atoms with van der Waals surface area (Å²) in [5.74, 6) is 0.862. The van der Waals surface area contributed by atoms with E-state index in [1.807, 2.05) is 12.3 Å². The lowest BCUT2D eigenvalue weighted by Crippen LogP contribution is -2.18. The monoisotopic (exact) mass is 197 g/mol. The molecule has 0 aliphatic rings. The molecule has 1 unspecified atom stereocenters. The van der Waals surface area contributed by atoms with E-state index in [1.54, 1.807) is 17.5 Å². The van der Waals surface area contributed by atoms with Crippen LogP contribution in [0.1, 0.15) is 25.8 Å². The van der Waals surface area contributed by atoms with Crippen molar-refractivity contribution < 1.29 is 4.79 Å². The lowest BCUT2D eigenvalue weighted by Gasteiger charge is -2.12. The SMILES string of the molecule is CC(C)C(C)C(=O)Cc1nccs1. The summed E-state index contributed by atoms with van der Waals surface area (Å²) in [6, 6.07) is 0. The standard InChI is InChI=1S/C10H15NOS/c1-7(2)8(3)9(12)6-10-11-4-5-13-10/h4-5,7-8H,6H2,1-3H3. The third kappa shape index (κ3) is 2.92. The summed E-state index contributed by atoms with van der Waals surface area (Å²) >= 11 is 1.55. The number of hydrogen-bond acceptors (Lipinski definition) is 3. The Labute approximate surface area is 83.0 Å². The molecule has 0 saturated carbocycles. The highest BCUT2D eigenvalue weighted by Crippen LogP contribution is 2.14. The fraction of sp³-hybridized carbons (Fsp3) is 0.600. The maximum Gasteiger partial charge on any atom is 0.142 e. The third-order valence-corrected chi connectivity index (χ3v) is 3.10. The molecule has 0 amide bonds. The maximum atomic E-state index is 11.6. The molecule has 1 heterocycles. The molecule has 0 aliphatic carbocycles. The lowest BCUT2D eigenvalue weighted by molar-refractivity contribution is -0.122. The Kier molecular flexibility index (Phi) is 3.60. The molecule has 0 aromatic carbocycles. The smallest absolute Gasteiger partial charge is 0.142 e. The second kappa shape index (κ2) is 4.51. The van der Waals surface area contributed by atoms with Crippen molar-refractivity contribution in [3.05, 3.63) is 16.6 Å². The Morgan fingerprint density at radius 1 is 1.54 bits per heavy atom. The molecule has 1 atom stereocenters. The third-order valence-electron chi connectivity index (χ3n) is 2.32. The zero-order chi connectivity index (χ0) is 9.84. The molecule has 0 saturated heterocycles. The first-order valence-electron chi connectivity index (χ1n) is 4.52. The van der Waals surface area contributed by atoms with Gasteiger partial charge in [-0.3, -0.25) is 4.79 Å². The van der Waals surface area contributed by atoms with Crippen molar-refractivity contribution >= 4 is 17.1 Å². The van der Waals surface area contributed by atoms with Crippen molar-refractivity contribution in [2.75, 3.05) is 0 Å². The number of carbonyl (C=O) groups excluding carboxylic acids is 1. The highest BCUT2D eigenvalue weighted by atomic mass is 32.1. The van der Waals surface area contributed by atoms with Crippen LogP contribution in [0.4, 0.5) is 0 Å². The van der Waals surface area contributed by atoms with Crippen LogP contribution in [0, 0.1) is 11.8 Å². The summed E-state index contributed by atoms with van der Waals surface area (Å²) in [6.45, 7) is 6.13. The van der Waals surface area contributed by atoms with Gasteiger partial charge in [0.1, 0.15) is 5.78 Å². The van der Waals surface area contributed by atoms with Crippen molar-refractivity contribution in [1.29, 1.82) is 0 Å². The lowest BCUT2D eigenvalue weighted by atomic mass is 9.92. The molecule has 0 radical (unpaired) electrons. The van der Waals surface area contributed by atoms with E-state index in [9.17, 15) is 4.79 Å². The van der Waals surface area contributed by atoms with E-state index in [0.717, 1.165) is 5.01 Å². The molecule has 2 nitrogen and oxygen atoms in total. The summed E-state index contributed by atoms with van der Waals surface area (Å²) in [7, 11) is 0. The zero-order valence-corrected chi connectivity index (χ0v) is 9.10. The topological polar surface area (TPSA) is 30.0 Å². The van der Waals surface area contributed by atoms with Gasteiger partial charge >= 0.3 is 0 Å². The summed E-state index contributed by atoms with van der Waals surface area (Å²) in [5, 5.41) is 2.83. The second-order valence-corrected chi connectivity index (χ2v) is 4.58. The fourth-order valence-electron chi connectivity index (χ4n) is 1.02. The average molecular weight is 197 g/mol. The van der Waals surface area contributed by atoms with Gasteiger partial charge < -0.3 is 0 Å². The molecular formula is C10H15NOS. The number of aromatic nitrogens is 1. The van der Waals surface area contributed by atoms with Crippen LogP contribution in [0.3, 0.4) is 0 Å². The Hall–Kier alpha value is -0.700. The average Bonchev–Trinajstić information content (AvgIpc) is 2.55. The summed E-state index contributed by atoms with van der Waals surface area (Å²) in [4.78, 5) is 15.7. The number of Topliss-reactive ketones (excluding diaryl/α,β-unsaturated/α-hetero) is 1. The van der Waals surface area contributed by atoms with Gasteiger partial charge in [0, 0.05) is 17.5 Å². The molecule has 0 N–H and O–H groups in total. The molecule has 1 aromatic heterocycles. The van der Waals surface area contributed by atoms with Crippen molar-refractivity contribution in [2.45, 2.75) is 27.2 Å². The van der Waals surface area contributed by atoms with Gasteiger partial charge in [-0.15, -0.1) is 11.3 Å². The quantitative estimate of drug-likeness (QED) is 0.742. The molecule has 0 bridgehead atoms. The highest BCUT2D eigenvalue weighted by molar-refractivity contribution is 7.09. The zero-order valence-electron chi connectivity index (χ0n) is 8.28. The van der Waals surface area contributed by atoms with Crippen LogP contribution >= 0.6 is 11.3 Å². The van der Waals surface area contributed by atoms with E-state index in [4.69, 9.17) is 0 Å². The molecule has 0 fully saturated rings. The summed E-state index contributed by atoms with van der Waals surface area (Å²) in [6.07, 6.45) is 2.24. The molecule has 0 aliphatic heterocycles. The molecule has 3 heteroatoms. The normalized spacial score (nSPS) is 13.2. The van der Waals surface area contributed by atoms with E-state index in [0.29, 0.717) is 18.1 Å². The summed E-state index contributed by atoms with van der Waals surface area (Å²) < 4.78 is 0. The molecule has 0 spiro atoms. The molecular weight excluding hydrogens is 182 g/mol. The maximum absolute atomic E-state index is 11.6. The van der Waals surface area contributed by atoms with Gasteiger partial charge in [-0.25, -0.2) is 4.98 Å². The number of nitrogens with zero attached hydrogens (tertiary/aromatic N) is 1. The minimum absolute atomic E-state index is 0.142. The Balaban J connectivity index is 2.51. The van der Waals surface area contributed by atoms with Crippen LogP contribution in [-0.4, -0.2) is 10.8 Å². The number of ketones is 1. The Morgan fingerprint density at radius 2 is 2.23 bits per heavy atom. The number of hydrogen-bond donors (Lipinski definition) is 0. The van der Waals surface area contributed by atoms with Crippen molar-refractivity contribution in [1.82, 2.24) is 4.98 Å². The van der Waals surface area contributed by atoms with Crippen LogP contribution in [0.15, 0.2) is 11.6 Å². The van der Waals surface area contributed by atoms with Crippen LogP contribution in [0.2, 0.25) is 0 Å². The van der Waals surface area contributed by atoms with Gasteiger partial charge in [0.05, 0.1) is 11.4 Å². The molecule has 1 rings (SSSR count). The van der Waals surface area contributed by atoms with Crippen molar-refractivity contribution in [3.63, 3.8) is 0 Å². The first-order valence-corrected chi connectivity index (χ1v) is 5.40. The molecule has 13 heavy (non-hydrogen) atoms. The minimum Gasteiger partial charge on any atom is -0.299 e.